The van der Waals surface area contributed by atoms with E-state index in [1.807, 2.05) is 0 Å². The summed E-state index contributed by atoms with van der Waals surface area (Å²) in [5, 5.41) is 0. The third-order valence-corrected chi connectivity index (χ3v) is 6.77. The van der Waals surface area contributed by atoms with Crippen LogP contribution in [-0.2, 0) is 9.59 Å². The minimum absolute atomic E-state index is 0.0560. The quantitative estimate of drug-likeness (QED) is 0.766. The Morgan fingerprint density at radius 1 is 0.926 bits per heavy atom. The standard InChI is InChI=1S/C22H31N3O2/c1-18-7-3-4-8-19(18)24-14-11-23(12-15-24)13-16-25-20(26)17-22(21(25)27)9-5-2-6-10-22/h3-4,7-8H,2,5-6,9-17H2,1H3. The number of carbonyl (C=O) groups is 2. The number of hydrogen-bond donors (Lipinski definition) is 0. The van der Waals surface area contributed by atoms with Crippen LogP contribution in [0.3, 0.4) is 0 Å². The van der Waals surface area contributed by atoms with E-state index in [0.717, 1.165) is 58.4 Å². The van der Waals surface area contributed by atoms with E-state index in [4.69, 9.17) is 0 Å². The largest absolute Gasteiger partial charge is 0.369 e. The highest BCUT2D eigenvalue weighted by Crippen LogP contribution is 2.45. The van der Waals surface area contributed by atoms with E-state index >= 15 is 0 Å². The molecule has 0 N–H and O–H groups in total. The van der Waals surface area contributed by atoms with E-state index in [-0.39, 0.29) is 17.2 Å². The fourth-order valence-electron chi connectivity index (χ4n) is 5.08. The average Bonchev–Trinajstić information content (AvgIpc) is 2.91. The van der Waals surface area contributed by atoms with Gasteiger partial charge in [0.1, 0.15) is 0 Å². The molecule has 2 heterocycles. The van der Waals surface area contributed by atoms with Gasteiger partial charge in [-0.3, -0.25) is 19.4 Å². The summed E-state index contributed by atoms with van der Waals surface area (Å²) >= 11 is 0. The molecule has 1 saturated carbocycles. The molecule has 3 fully saturated rings. The van der Waals surface area contributed by atoms with E-state index in [1.165, 1.54) is 17.7 Å². The molecule has 5 heteroatoms. The van der Waals surface area contributed by atoms with Crippen LogP contribution in [0.4, 0.5) is 5.69 Å². The van der Waals surface area contributed by atoms with Crippen molar-refractivity contribution in [2.75, 3.05) is 44.2 Å². The van der Waals surface area contributed by atoms with Crippen molar-refractivity contribution in [3.05, 3.63) is 29.8 Å². The van der Waals surface area contributed by atoms with Gasteiger partial charge in [-0.25, -0.2) is 0 Å². The maximum atomic E-state index is 12.9. The molecule has 1 aromatic carbocycles. The second-order valence-corrected chi connectivity index (χ2v) is 8.48. The zero-order chi connectivity index (χ0) is 18.9. The molecule has 1 spiro atoms. The molecule has 27 heavy (non-hydrogen) atoms. The number of amides is 2. The highest BCUT2D eigenvalue weighted by molar-refractivity contribution is 6.05. The van der Waals surface area contributed by atoms with Crippen LogP contribution in [0.15, 0.2) is 24.3 Å². The van der Waals surface area contributed by atoms with Crippen molar-refractivity contribution in [1.82, 2.24) is 9.80 Å². The molecular weight excluding hydrogens is 338 g/mol. The maximum absolute atomic E-state index is 12.9. The van der Waals surface area contributed by atoms with Gasteiger partial charge in [0.25, 0.3) is 0 Å². The number of benzene rings is 1. The van der Waals surface area contributed by atoms with Gasteiger partial charge in [-0.05, 0) is 31.4 Å². The molecule has 2 amide bonds. The molecule has 2 aliphatic heterocycles. The van der Waals surface area contributed by atoms with Gasteiger partial charge in [0.2, 0.25) is 11.8 Å². The lowest BCUT2D eigenvalue weighted by atomic mass is 9.73. The number of imide groups is 1. The SMILES string of the molecule is Cc1ccccc1N1CCN(CCN2C(=O)CC3(CCCCC3)C2=O)CC1. The van der Waals surface area contributed by atoms with Gasteiger partial charge in [0.15, 0.2) is 0 Å². The van der Waals surface area contributed by atoms with E-state index in [0.29, 0.717) is 13.0 Å². The fraction of sp³-hybridized carbons (Fsp3) is 0.636. The number of anilines is 1. The van der Waals surface area contributed by atoms with Crippen molar-refractivity contribution in [1.29, 1.82) is 0 Å². The van der Waals surface area contributed by atoms with Gasteiger partial charge in [-0.1, -0.05) is 37.5 Å². The maximum Gasteiger partial charge on any atom is 0.235 e. The number of aryl methyl sites for hydroxylation is 1. The fourth-order valence-corrected chi connectivity index (χ4v) is 5.08. The molecule has 3 aliphatic rings. The molecule has 2 saturated heterocycles. The topological polar surface area (TPSA) is 43.9 Å². The van der Waals surface area contributed by atoms with Crippen LogP contribution in [0.2, 0.25) is 0 Å². The van der Waals surface area contributed by atoms with Gasteiger partial charge in [-0.15, -0.1) is 0 Å². The van der Waals surface area contributed by atoms with Crippen LogP contribution >= 0.6 is 0 Å². The minimum Gasteiger partial charge on any atom is -0.369 e. The zero-order valence-corrected chi connectivity index (χ0v) is 16.5. The summed E-state index contributed by atoms with van der Waals surface area (Å²) in [4.78, 5) is 31.8. The molecule has 4 rings (SSSR count). The Balaban J connectivity index is 1.29. The van der Waals surface area contributed by atoms with Crippen molar-refractivity contribution in [3.63, 3.8) is 0 Å². The van der Waals surface area contributed by atoms with E-state index < -0.39 is 0 Å². The summed E-state index contributed by atoms with van der Waals surface area (Å²) in [7, 11) is 0. The summed E-state index contributed by atoms with van der Waals surface area (Å²) in [6, 6.07) is 8.53. The summed E-state index contributed by atoms with van der Waals surface area (Å²) in [5.41, 5.74) is 2.29. The lowest BCUT2D eigenvalue weighted by molar-refractivity contribution is -0.142. The molecule has 0 bridgehead atoms. The molecule has 0 aromatic heterocycles. The van der Waals surface area contributed by atoms with Crippen molar-refractivity contribution < 1.29 is 9.59 Å². The van der Waals surface area contributed by atoms with Crippen LogP contribution in [0, 0.1) is 12.3 Å². The Kier molecular flexibility index (Phi) is 5.22. The second kappa shape index (κ2) is 7.63. The number of rotatable bonds is 4. The first-order valence-electron chi connectivity index (χ1n) is 10.5. The lowest BCUT2D eigenvalue weighted by Crippen LogP contribution is -2.49. The summed E-state index contributed by atoms with van der Waals surface area (Å²) in [6.07, 6.45) is 5.65. The third-order valence-electron chi connectivity index (χ3n) is 6.77. The number of hydrogen-bond acceptors (Lipinski definition) is 4. The first-order chi connectivity index (χ1) is 13.1. The number of nitrogens with zero attached hydrogens (tertiary/aromatic N) is 3. The predicted octanol–water partition coefficient (Wildman–Crippen LogP) is 2.83. The smallest absolute Gasteiger partial charge is 0.235 e. The van der Waals surface area contributed by atoms with Crippen molar-refractivity contribution >= 4 is 17.5 Å². The van der Waals surface area contributed by atoms with E-state index in [2.05, 4.69) is 41.0 Å². The van der Waals surface area contributed by atoms with Crippen LogP contribution in [0.1, 0.15) is 44.1 Å². The van der Waals surface area contributed by atoms with Crippen LogP contribution in [0.5, 0.6) is 0 Å². The van der Waals surface area contributed by atoms with Crippen molar-refractivity contribution in [3.8, 4) is 0 Å². The summed E-state index contributed by atoms with van der Waals surface area (Å²) in [5.74, 6) is 0.172. The monoisotopic (exact) mass is 369 g/mol. The number of para-hydroxylation sites is 1. The molecule has 1 aromatic rings. The Morgan fingerprint density at radius 3 is 2.33 bits per heavy atom. The Hall–Kier alpha value is -1.88. The molecule has 0 unspecified atom stereocenters. The van der Waals surface area contributed by atoms with Gasteiger partial charge in [0.05, 0.1) is 5.41 Å². The van der Waals surface area contributed by atoms with Crippen LogP contribution < -0.4 is 4.90 Å². The molecular formula is C22H31N3O2. The molecule has 0 atom stereocenters. The number of carbonyl (C=O) groups excluding carboxylic acids is 2. The predicted molar refractivity (Wildman–Crippen MR) is 107 cm³/mol. The van der Waals surface area contributed by atoms with Gasteiger partial charge in [0, 0.05) is 51.4 Å². The van der Waals surface area contributed by atoms with E-state index in [1.54, 1.807) is 4.90 Å². The van der Waals surface area contributed by atoms with Crippen LogP contribution in [0.25, 0.3) is 0 Å². The second-order valence-electron chi connectivity index (χ2n) is 8.48. The minimum atomic E-state index is -0.348. The first-order valence-corrected chi connectivity index (χ1v) is 10.5. The molecule has 0 radical (unpaired) electrons. The number of likely N-dealkylation sites (tertiary alicyclic amines) is 1. The Labute approximate surface area is 162 Å². The first kappa shape index (κ1) is 18.5. The molecule has 146 valence electrons. The highest BCUT2D eigenvalue weighted by atomic mass is 16.2. The van der Waals surface area contributed by atoms with Gasteiger partial charge >= 0.3 is 0 Å². The Bertz CT molecular complexity index is 703. The lowest BCUT2D eigenvalue weighted by Gasteiger charge is -2.37. The van der Waals surface area contributed by atoms with Crippen molar-refractivity contribution in [2.45, 2.75) is 45.4 Å². The number of piperazine rings is 1. The van der Waals surface area contributed by atoms with Crippen molar-refractivity contribution in [2.24, 2.45) is 5.41 Å². The summed E-state index contributed by atoms with van der Waals surface area (Å²) in [6.45, 7) is 7.48. The normalized spacial score (nSPS) is 23.4. The molecule has 5 nitrogen and oxygen atoms in total. The van der Waals surface area contributed by atoms with E-state index in [9.17, 15) is 9.59 Å². The van der Waals surface area contributed by atoms with Crippen LogP contribution in [-0.4, -0.2) is 60.9 Å². The van der Waals surface area contributed by atoms with Gasteiger partial charge in [-0.2, -0.15) is 0 Å². The van der Waals surface area contributed by atoms with Gasteiger partial charge < -0.3 is 4.90 Å². The average molecular weight is 370 g/mol. The zero-order valence-electron chi connectivity index (χ0n) is 16.5. The third kappa shape index (κ3) is 3.62. The Morgan fingerprint density at radius 2 is 1.63 bits per heavy atom. The highest BCUT2D eigenvalue weighted by Gasteiger charge is 2.51. The molecule has 1 aliphatic carbocycles. The summed E-state index contributed by atoms with van der Waals surface area (Å²) < 4.78 is 0.